The first-order valence-electron chi connectivity index (χ1n) is 14.2. The van der Waals surface area contributed by atoms with Crippen LogP contribution in [0.2, 0.25) is 5.02 Å². The van der Waals surface area contributed by atoms with Gasteiger partial charge in [0.05, 0.1) is 53.4 Å². The van der Waals surface area contributed by atoms with Crippen LogP contribution in [0.15, 0.2) is 28.9 Å². The van der Waals surface area contributed by atoms with Crippen molar-refractivity contribution in [2.75, 3.05) is 29.5 Å². The molecule has 1 fully saturated rings. The maximum atomic E-state index is 13.5. The fourth-order valence-electron chi connectivity index (χ4n) is 5.47. The van der Waals surface area contributed by atoms with Crippen LogP contribution >= 0.6 is 11.6 Å². The summed E-state index contributed by atoms with van der Waals surface area (Å²) in [4.78, 5) is 22.4. The number of hydrogen-bond donors (Lipinski definition) is 1. The predicted molar refractivity (Wildman–Crippen MR) is 158 cm³/mol. The second kappa shape index (κ2) is 11.3. The van der Waals surface area contributed by atoms with Crippen LogP contribution in [0, 0.1) is 20.8 Å². The Morgan fingerprint density at radius 2 is 1.91 bits per heavy atom. The van der Waals surface area contributed by atoms with Gasteiger partial charge in [-0.05, 0) is 45.4 Å². The third kappa shape index (κ3) is 5.73. The summed E-state index contributed by atoms with van der Waals surface area (Å²) < 4.78 is 38.3. The smallest absolute Gasteiger partial charge is 0.282 e. The number of halogens is 3. The van der Waals surface area contributed by atoms with Gasteiger partial charge < -0.3 is 24.2 Å². The van der Waals surface area contributed by atoms with E-state index in [2.05, 4.69) is 20.0 Å². The summed E-state index contributed by atoms with van der Waals surface area (Å²) >= 11 is 6.69. The minimum atomic E-state index is -2.71. The maximum Gasteiger partial charge on any atom is 0.282 e. The molecule has 4 aromatic rings. The lowest BCUT2D eigenvalue weighted by Crippen LogP contribution is -2.57. The van der Waals surface area contributed by atoms with Gasteiger partial charge in [0.1, 0.15) is 23.9 Å². The van der Waals surface area contributed by atoms with E-state index in [1.807, 2.05) is 27.7 Å². The van der Waals surface area contributed by atoms with Crippen LogP contribution in [-0.4, -0.2) is 61.9 Å². The molecule has 43 heavy (non-hydrogen) atoms. The number of rotatable bonds is 9. The lowest BCUT2D eigenvalue weighted by molar-refractivity contribution is -0.0272. The Bertz CT molecular complexity index is 1650. The van der Waals surface area contributed by atoms with Crippen LogP contribution in [0.1, 0.15) is 48.0 Å². The minimum Gasteiger partial charge on any atom is -0.491 e. The third-order valence-corrected chi connectivity index (χ3v) is 8.03. The fraction of sp³-hybridized carbons (Fsp3) is 0.433. The second-order valence-corrected chi connectivity index (χ2v) is 11.6. The van der Waals surface area contributed by atoms with Gasteiger partial charge >= 0.3 is 0 Å². The first kappa shape index (κ1) is 29.2. The summed E-state index contributed by atoms with van der Waals surface area (Å²) in [6.45, 7) is 7.93. The molecule has 6 rings (SSSR count). The quantitative estimate of drug-likeness (QED) is 0.253. The van der Waals surface area contributed by atoms with Crippen LogP contribution in [0.5, 0.6) is 5.75 Å². The number of nitrogens with zero attached hydrogens (tertiary/aromatic N) is 7. The molecule has 1 atom stereocenters. The molecule has 2 aliphatic rings. The maximum absolute atomic E-state index is 13.5. The predicted octanol–water partition coefficient (Wildman–Crippen LogP) is 5.68. The number of ether oxygens (including phenoxy) is 1. The van der Waals surface area contributed by atoms with Crippen molar-refractivity contribution in [1.29, 1.82) is 0 Å². The number of alkyl halides is 2. The van der Waals surface area contributed by atoms with Crippen molar-refractivity contribution in [1.82, 2.24) is 25.1 Å². The number of aliphatic hydroxyl groups excluding tert-OH is 1. The topological polar surface area (TPSA) is 114 Å². The number of aromatic nitrogens is 5. The van der Waals surface area contributed by atoms with E-state index in [4.69, 9.17) is 30.8 Å². The van der Waals surface area contributed by atoms with Crippen LogP contribution in [0.3, 0.4) is 0 Å². The molecule has 1 saturated heterocycles. The van der Waals surface area contributed by atoms with Gasteiger partial charge in [0, 0.05) is 29.4 Å². The van der Waals surface area contributed by atoms with Crippen molar-refractivity contribution >= 4 is 23.4 Å². The van der Waals surface area contributed by atoms with Gasteiger partial charge in [0.15, 0.2) is 5.82 Å². The number of benzene rings is 1. The Labute approximate surface area is 252 Å². The molecular formula is C30H32ClF2N7O3. The molecule has 3 aromatic heterocycles. The van der Waals surface area contributed by atoms with Crippen molar-refractivity contribution in [3.8, 4) is 28.4 Å². The summed E-state index contributed by atoms with van der Waals surface area (Å²) in [5, 5.41) is 14.7. The van der Waals surface area contributed by atoms with Gasteiger partial charge in [-0.15, -0.1) is 0 Å². The zero-order valence-corrected chi connectivity index (χ0v) is 25.1. The van der Waals surface area contributed by atoms with Crippen LogP contribution in [0.25, 0.3) is 22.6 Å². The first-order chi connectivity index (χ1) is 20.5. The zero-order chi connectivity index (χ0) is 30.5. The number of fused-ring (bicyclic) bond motifs is 1. The van der Waals surface area contributed by atoms with Crippen molar-refractivity contribution in [2.24, 2.45) is 0 Å². The van der Waals surface area contributed by atoms with E-state index in [1.54, 1.807) is 24.4 Å². The molecule has 0 radical (unpaired) electrons. The molecule has 13 heteroatoms. The Balaban J connectivity index is 1.38. The SMILES string of the molecule is CCC[C@@H](O)COc1ccc(Cl)c(-c2nc(-c3c(C)noc3C)c(C)c(N3Cc4cnc(N5CC(F)(F)C5)nc4C3)n2)c1. The highest BCUT2D eigenvalue weighted by Crippen LogP contribution is 2.39. The molecule has 5 heterocycles. The number of hydrogen-bond acceptors (Lipinski definition) is 10. The normalized spacial score (nSPS) is 16.3. The minimum absolute atomic E-state index is 0.156. The molecule has 0 aliphatic carbocycles. The van der Waals surface area contributed by atoms with Gasteiger partial charge in [0.2, 0.25) is 5.95 Å². The summed E-state index contributed by atoms with van der Waals surface area (Å²) in [6, 6.07) is 5.24. The molecule has 1 aromatic carbocycles. The lowest BCUT2D eigenvalue weighted by atomic mass is 10.0. The highest BCUT2D eigenvalue weighted by molar-refractivity contribution is 6.33. The largest absolute Gasteiger partial charge is 0.491 e. The van der Waals surface area contributed by atoms with E-state index in [1.165, 1.54) is 4.90 Å². The summed E-state index contributed by atoms with van der Waals surface area (Å²) in [6.07, 6.45) is 2.61. The zero-order valence-electron chi connectivity index (χ0n) is 24.4. The molecule has 2 aliphatic heterocycles. The molecule has 10 nitrogen and oxygen atoms in total. The Hall–Kier alpha value is -3.90. The van der Waals surface area contributed by atoms with E-state index in [9.17, 15) is 13.9 Å². The molecular weight excluding hydrogens is 580 g/mol. The van der Waals surface area contributed by atoms with Crippen molar-refractivity contribution < 1.29 is 23.1 Å². The molecule has 0 bridgehead atoms. The fourth-order valence-corrected chi connectivity index (χ4v) is 5.67. The van der Waals surface area contributed by atoms with Crippen molar-refractivity contribution in [2.45, 2.75) is 65.7 Å². The number of aryl methyl sites for hydroxylation is 2. The summed E-state index contributed by atoms with van der Waals surface area (Å²) in [7, 11) is 0. The van der Waals surface area contributed by atoms with E-state index in [0.717, 1.165) is 28.8 Å². The second-order valence-electron chi connectivity index (χ2n) is 11.1. The van der Waals surface area contributed by atoms with Crippen LogP contribution in [0.4, 0.5) is 20.5 Å². The summed E-state index contributed by atoms with van der Waals surface area (Å²) in [5.74, 6) is -0.212. The first-order valence-corrected chi connectivity index (χ1v) is 14.6. The van der Waals surface area contributed by atoms with E-state index < -0.39 is 12.0 Å². The standard InChI is InChI=1S/C30H32ClF2N7O3/c1-5-6-20(41)13-42-21-7-8-23(31)22(9-21)27-36-26(25-17(3)38-43-18(25)4)16(2)28(37-27)39-11-19-10-34-29(35-24(19)12-39)40-14-30(32,33)15-40/h7-10,20,41H,5-6,11-15H2,1-4H3/t20-/m1/s1. The molecule has 0 saturated carbocycles. The number of anilines is 2. The highest BCUT2D eigenvalue weighted by atomic mass is 35.5. The molecule has 1 N–H and O–H groups in total. The molecule has 0 unspecified atom stereocenters. The summed E-state index contributed by atoms with van der Waals surface area (Å²) in [5.41, 5.74) is 5.15. The highest BCUT2D eigenvalue weighted by Gasteiger charge is 2.45. The van der Waals surface area contributed by atoms with Crippen molar-refractivity contribution in [3.63, 3.8) is 0 Å². The van der Waals surface area contributed by atoms with Crippen LogP contribution < -0.4 is 14.5 Å². The third-order valence-electron chi connectivity index (χ3n) is 7.70. The number of aliphatic hydroxyl groups is 1. The van der Waals surface area contributed by atoms with Gasteiger partial charge in [-0.25, -0.2) is 28.7 Å². The van der Waals surface area contributed by atoms with Gasteiger partial charge in [-0.3, -0.25) is 0 Å². The molecule has 0 spiro atoms. The van der Waals surface area contributed by atoms with Crippen LogP contribution in [-0.2, 0) is 13.1 Å². The monoisotopic (exact) mass is 611 g/mol. The average Bonchev–Trinajstić information content (AvgIpc) is 3.53. The van der Waals surface area contributed by atoms with Gasteiger partial charge in [-0.2, -0.15) is 0 Å². The van der Waals surface area contributed by atoms with Gasteiger partial charge in [-0.1, -0.05) is 30.1 Å². The van der Waals surface area contributed by atoms with Gasteiger partial charge in [0.25, 0.3) is 5.92 Å². The molecule has 226 valence electrons. The average molecular weight is 612 g/mol. The lowest BCUT2D eigenvalue weighted by Gasteiger charge is -2.38. The van der Waals surface area contributed by atoms with Crippen molar-refractivity contribution in [3.05, 3.63) is 57.7 Å². The Morgan fingerprint density at radius 3 is 2.60 bits per heavy atom. The molecule has 0 amide bonds. The Kier molecular flexibility index (Phi) is 7.67. The van der Waals surface area contributed by atoms with E-state index >= 15 is 0 Å². The van der Waals surface area contributed by atoms with E-state index in [0.29, 0.717) is 70.6 Å². The van der Waals surface area contributed by atoms with E-state index in [-0.39, 0.29) is 19.7 Å². The Morgan fingerprint density at radius 1 is 1.12 bits per heavy atom.